The van der Waals surface area contributed by atoms with Gasteiger partial charge >= 0.3 is 6.18 Å². The SMILES string of the molecule is COc1ncnc(C2CC2)c1-c1ncnc(NCc2ccc3c(c2)OCCn2cc(C(F)(F)F)nc2-3)n1. The van der Waals surface area contributed by atoms with Crippen LogP contribution in [0.25, 0.3) is 22.8 Å². The number of methoxy groups -OCH3 is 1. The quantitative estimate of drug-likeness (QED) is 0.410. The first-order valence-electron chi connectivity index (χ1n) is 11.6. The van der Waals surface area contributed by atoms with E-state index in [1.807, 2.05) is 0 Å². The van der Waals surface area contributed by atoms with Crippen LogP contribution >= 0.6 is 0 Å². The van der Waals surface area contributed by atoms with Crippen molar-refractivity contribution in [2.75, 3.05) is 19.0 Å². The number of anilines is 1. The van der Waals surface area contributed by atoms with E-state index >= 15 is 0 Å². The number of ether oxygens (including phenoxy) is 2. The van der Waals surface area contributed by atoms with Gasteiger partial charge in [-0.15, -0.1) is 0 Å². The summed E-state index contributed by atoms with van der Waals surface area (Å²) in [5.74, 6) is 2.20. The number of halogens is 3. The Hall–Kier alpha value is -4.29. The minimum atomic E-state index is -4.51. The highest BCUT2D eigenvalue weighted by molar-refractivity contribution is 5.67. The highest BCUT2D eigenvalue weighted by Crippen LogP contribution is 2.44. The normalized spacial score (nSPS) is 14.8. The predicted molar refractivity (Wildman–Crippen MR) is 125 cm³/mol. The maximum atomic E-state index is 13.2. The minimum absolute atomic E-state index is 0.228. The van der Waals surface area contributed by atoms with Crippen molar-refractivity contribution in [3.63, 3.8) is 0 Å². The number of benzene rings is 1. The molecule has 0 saturated heterocycles. The molecule has 13 heteroatoms. The van der Waals surface area contributed by atoms with Crippen molar-refractivity contribution in [3.05, 3.63) is 54.0 Å². The number of nitrogens with zero attached hydrogens (tertiary/aromatic N) is 7. The molecule has 1 aromatic carbocycles. The molecule has 4 heterocycles. The van der Waals surface area contributed by atoms with Crippen molar-refractivity contribution in [2.45, 2.75) is 38.0 Å². The van der Waals surface area contributed by atoms with E-state index in [0.29, 0.717) is 47.0 Å². The molecule has 1 fully saturated rings. The summed E-state index contributed by atoms with van der Waals surface area (Å²) in [5.41, 5.74) is 1.93. The van der Waals surface area contributed by atoms with Crippen molar-refractivity contribution < 1.29 is 22.6 Å². The number of nitrogens with one attached hydrogen (secondary N) is 1. The van der Waals surface area contributed by atoms with Crippen molar-refractivity contribution in [1.82, 2.24) is 34.5 Å². The molecule has 0 radical (unpaired) electrons. The van der Waals surface area contributed by atoms with Crippen LogP contribution in [0.15, 0.2) is 37.1 Å². The number of hydrogen-bond donors (Lipinski definition) is 1. The molecule has 0 unspecified atom stereocenters. The van der Waals surface area contributed by atoms with Gasteiger partial charge in [0.1, 0.15) is 36.4 Å². The van der Waals surface area contributed by atoms with Crippen LogP contribution in [0, 0.1) is 0 Å². The molecule has 0 spiro atoms. The lowest BCUT2D eigenvalue weighted by atomic mass is 10.1. The second-order valence-corrected chi connectivity index (χ2v) is 8.72. The van der Waals surface area contributed by atoms with Gasteiger partial charge in [0, 0.05) is 18.7 Å². The van der Waals surface area contributed by atoms with E-state index in [1.165, 1.54) is 17.2 Å². The summed E-state index contributed by atoms with van der Waals surface area (Å²) in [4.78, 5) is 25.6. The molecule has 2 aliphatic rings. The Morgan fingerprint density at radius 1 is 1.11 bits per heavy atom. The van der Waals surface area contributed by atoms with Crippen molar-refractivity contribution in [2.24, 2.45) is 0 Å². The lowest BCUT2D eigenvalue weighted by Gasteiger charge is -2.12. The zero-order valence-electron chi connectivity index (χ0n) is 19.7. The van der Waals surface area contributed by atoms with Gasteiger partial charge in [-0.25, -0.2) is 24.9 Å². The Bertz CT molecular complexity index is 1470. The second-order valence-electron chi connectivity index (χ2n) is 8.72. The molecule has 3 aromatic heterocycles. The van der Waals surface area contributed by atoms with Crippen molar-refractivity contribution in [3.8, 4) is 34.4 Å². The van der Waals surface area contributed by atoms with Crippen molar-refractivity contribution in [1.29, 1.82) is 0 Å². The van der Waals surface area contributed by atoms with Gasteiger partial charge in [0.2, 0.25) is 11.8 Å². The molecule has 1 N–H and O–H groups in total. The third-order valence-electron chi connectivity index (χ3n) is 6.19. The maximum Gasteiger partial charge on any atom is 0.434 e. The number of rotatable bonds is 6. The first-order chi connectivity index (χ1) is 17.9. The fourth-order valence-corrected chi connectivity index (χ4v) is 4.27. The third kappa shape index (κ3) is 4.52. The summed E-state index contributed by atoms with van der Waals surface area (Å²) in [6, 6.07) is 5.29. The molecule has 1 saturated carbocycles. The summed E-state index contributed by atoms with van der Waals surface area (Å²) in [5, 5.41) is 3.17. The number of aromatic nitrogens is 7. The third-order valence-corrected chi connectivity index (χ3v) is 6.19. The minimum Gasteiger partial charge on any atom is -0.491 e. The molecule has 1 aliphatic carbocycles. The molecule has 0 atom stereocenters. The van der Waals surface area contributed by atoms with Crippen LogP contribution in [-0.4, -0.2) is 48.2 Å². The second kappa shape index (κ2) is 8.98. The van der Waals surface area contributed by atoms with Gasteiger partial charge in [-0.1, -0.05) is 6.07 Å². The standard InChI is InChI=1S/C24H21F3N8O2/c1-36-22-18(19(14-3-4-14)29-11-31-22)20-30-12-32-23(34-20)28-9-13-2-5-15-16(8-13)37-7-6-35-10-17(24(25,26)27)33-21(15)35/h2,5,8,10-12,14H,3-4,6-7,9H2,1H3,(H,28,30,32,34). The number of hydrogen-bond acceptors (Lipinski definition) is 9. The lowest BCUT2D eigenvalue weighted by Crippen LogP contribution is -2.08. The van der Waals surface area contributed by atoms with Crippen LogP contribution in [0.4, 0.5) is 19.1 Å². The Balaban J connectivity index is 1.24. The molecular weight excluding hydrogens is 489 g/mol. The summed E-state index contributed by atoms with van der Waals surface area (Å²) in [7, 11) is 1.54. The van der Waals surface area contributed by atoms with E-state index < -0.39 is 11.9 Å². The summed E-state index contributed by atoms with van der Waals surface area (Å²) >= 11 is 0. The fraction of sp³-hybridized carbons (Fsp3) is 0.333. The Kier molecular flexibility index (Phi) is 5.61. The van der Waals surface area contributed by atoms with Gasteiger partial charge in [-0.2, -0.15) is 18.2 Å². The number of fused-ring (bicyclic) bond motifs is 3. The van der Waals surface area contributed by atoms with Crippen LogP contribution in [0.5, 0.6) is 11.6 Å². The van der Waals surface area contributed by atoms with E-state index in [1.54, 1.807) is 25.3 Å². The van der Waals surface area contributed by atoms with E-state index in [4.69, 9.17) is 9.47 Å². The number of alkyl halides is 3. The van der Waals surface area contributed by atoms with Crippen LogP contribution in [0.3, 0.4) is 0 Å². The van der Waals surface area contributed by atoms with Gasteiger partial charge in [-0.05, 0) is 30.5 Å². The fourth-order valence-electron chi connectivity index (χ4n) is 4.27. The summed E-state index contributed by atoms with van der Waals surface area (Å²) in [6.07, 6.45) is 1.48. The monoisotopic (exact) mass is 510 g/mol. The molecule has 0 amide bonds. The van der Waals surface area contributed by atoms with Gasteiger partial charge in [0.05, 0.1) is 24.9 Å². The topological polar surface area (TPSA) is 113 Å². The Morgan fingerprint density at radius 2 is 1.95 bits per heavy atom. The Labute approximate surface area is 209 Å². The average molecular weight is 510 g/mol. The summed E-state index contributed by atoms with van der Waals surface area (Å²) < 4.78 is 52.2. The van der Waals surface area contributed by atoms with Crippen molar-refractivity contribution >= 4 is 5.95 Å². The first kappa shape index (κ1) is 23.1. The highest BCUT2D eigenvalue weighted by Gasteiger charge is 2.36. The molecule has 0 bridgehead atoms. The molecule has 10 nitrogen and oxygen atoms in total. The first-order valence-corrected chi connectivity index (χ1v) is 11.6. The van der Waals surface area contributed by atoms with E-state index in [9.17, 15) is 13.2 Å². The number of imidazole rings is 1. The van der Waals surface area contributed by atoms with Crippen LogP contribution in [0.1, 0.15) is 35.7 Å². The highest BCUT2D eigenvalue weighted by atomic mass is 19.4. The smallest absolute Gasteiger partial charge is 0.434 e. The largest absolute Gasteiger partial charge is 0.491 e. The van der Waals surface area contributed by atoms with Gasteiger partial charge in [-0.3, -0.25) is 0 Å². The molecule has 37 heavy (non-hydrogen) atoms. The molecule has 4 aromatic rings. The zero-order valence-corrected chi connectivity index (χ0v) is 19.7. The van der Waals surface area contributed by atoms with Gasteiger partial charge in [0.15, 0.2) is 11.5 Å². The average Bonchev–Trinajstić information content (AvgIpc) is 3.68. The van der Waals surface area contributed by atoms with E-state index in [-0.39, 0.29) is 19.0 Å². The summed E-state index contributed by atoms with van der Waals surface area (Å²) in [6.45, 7) is 0.843. The molecule has 190 valence electrons. The Morgan fingerprint density at radius 3 is 2.73 bits per heavy atom. The predicted octanol–water partition coefficient (Wildman–Crippen LogP) is 4.10. The van der Waals surface area contributed by atoms with E-state index in [2.05, 4.69) is 35.2 Å². The molecule has 6 rings (SSSR count). The van der Waals surface area contributed by atoms with Gasteiger partial charge in [0.25, 0.3) is 0 Å². The van der Waals surface area contributed by atoms with E-state index in [0.717, 1.165) is 30.3 Å². The van der Waals surface area contributed by atoms with Crippen LogP contribution < -0.4 is 14.8 Å². The van der Waals surface area contributed by atoms with Crippen LogP contribution in [-0.2, 0) is 19.3 Å². The zero-order chi connectivity index (χ0) is 25.6. The molecular formula is C24H21F3N8O2. The van der Waals surface area contributed by atoms with Crippen LogP contribution in [0.2, 0.25) is 0 Å². The molecule has 1 aliphatic heterocycles. The lowest BCUT2D eigenvalue weighted by molar-refractivity contribution is -0.140. The van der Waals surface area contributed by atoms with Gasteiger partial charge < -0.3 is 19.4 Å². The maximum absolute atomic E-state index is 13.2.